The van der Waals surface area contributed by atoms with Gasteiger partial charge in [-0.15, -0.1) is 0 Å². The quantitative estimate of drug-likeness (QED) is 0.861. The van der Waals surface area contributed by atoms with Gasteiger partial charge in [0.2, 0.25) is 0 Å². The molecule has 1 aromatic carbocycles. The minimum Gasteiger partial charge on any atom is -0.480 e. The average molecular weight is 273 g/mol. The van der Waals surface area contributed by atoms with Crippen LogP contribution in [0.1, 0.15) is 31.4 Å². The molecule has 0 amide bonds. The first-order chi connectivity index (χ1) is 8.95. The molecule has 104 valence electrons. The number of hydrogen-bond donors (Lipinski definition) is 1. The van der Waals surface area contributed by atoms with Crippen molar-refractivity contribution in [2.45, 2.75) is 31.8 Å². The number of likely N-dealkylation sites (N-methyl/N-ethyl adjacent to an activating group) is 1. The number of benzene rings is 1. The first kappa shape index (κ1) is 13.9. The molecule has 1 fully saturated rings. The molecule has 0 aromatic heterocycles. The predicted molar refractivity (Wildman–Crippen MR) is 62.1 cm³/mol. The van der Waals surface area contributed by atoms with E-state index < -0.39 is 35.5 Å². The number of likely N-dealkylation sites (tertiary alicyclic amines) is 1. The molecule has 6 heteroatoms. The number of carboxylic acids is 1. The van der Waals surface area contributed by atoms with Crippen LogP contribution in [0.15, 0.2) is 12.1 Å². The van der Waals surface area contributed by atoms with E-state index in [1.165, 1.54) is 0 Å². The van der Waals surface area contributed by atoms with E-state index in [2.05, 4.69) is 0 Å². The van der Waals surface area contributed by atoms with Crippen LogP contribution < -0.4 is 0 Å². The van der Waals surface area contributed by atoms with Crippen LogP contribution in [0.3, 0.4) is 0 Å². The van der Waals surface area contributed by atoms with Crippen molar-refractivity contribution in [3.63, 3.8) is 0 Å². The lowest BCUT2D eigenvalue weighted by atomic mass is 10.0. The van der Waals surface area contributed by atoms with Crippen molar-refractivity contribution in [1.82, 2.24) is 4.90 Å². The maximum absolute atomic E-state index is 13.7. The molecule has 2 rings (SSSR count). The van der Waals surface area contributed by atoms with Crippen molar-refractivity contribution in [2.75, 3.05) is 6.54 Å². The van der Waals surface area contributed by atoms with Gasteiger partial charge in [0, 0.05) is 17.7 Å². The Kier molecular flexibility index (Phi) is 3.80. The second-order valence-electron chi connectivity index (χ2n) is 4.57. The molecule has 2 atom stereocenters. The molecule has 1 saturated heterocycles. The summed E-state index contributed by atoms with van der Waals surface area (Å²) in [5, 5.41) is 9.08. The number of aliphatic carboxylic acids is 1. The van der Waals surface area contributed by atoms with Crippen molar-refractivity contribution in [2.24, 2.45) is 0 Å². The van der Waals surface area contributed by atoms with Crippen LogP contribution in [-0.4, -0.2) is 28.6 Å². The molecular weight excluding hydrogens is 259 g/mol. The fourth-order valence-corrected chi connectivity index (χ4v) is 2.70. The molecule has 1 heterocycles. The summed E-state index contributed by atoms with van der Waals surface area (Å²) in [5.41, 5.74) is 0.0181. The highest BCUT2D eigenvalue weighted by molar-refractivity contribution is 5.74. The van der Waals surface area contributed by atoms with Crippen LogP contribution in [0.2, 0.25) is 0 Å². The molecule has 0 bridgehead atoms. The lowest BCUT2D eigenvalue weighted by Crippen LogP contribution is -2.37. The van der Waals surface area contributed by atoms with Crippen molar-refractivity contribution in [3.05, 3.63) is 35.1 Å². The van der Waals surface area contributed by atoms with E-state index >= 15 is 0 Å². The topological polar surface area (TPSA) is 40.5 Å². The van der Waals surface area contributed by atoms with E-state index in [9.17, 15) is 18.0 Å². The van der Waals surface area contributed by atoms with Crippen LogP contribution >= 0.6 is 0 Å². The average Bonchev–Trinajstić information content (AvgIpc) is 2.77. The van der Waals surface area contributed by atoms with E-state index in [0.717, 1.165) is 6.07 Å². The van der Waals surface area contributed by atoms with Crippen molar-refractivity contribution >= 4 is 5.97 Å². The van der Waals surface area contributed by atoms with Gasteiger partial charge in [-0.2, -0.15) is 0 Å². The van der Waals surface area contributed by atoms with Gasteiger partial charge in [0.15, 0.2) is 11.6 Å². The SMILES string of the molecule is CCN1C(c2cc(F)c(F)cc2F)CC[C@@H]1C(=O)O. The van der Waals surface area contributed by atoms with Gasteiger partial charge in [-0.3, -0.25) is 9.69 Å². The zero-order chi connectivity index (χ0) is 14.2. The summed E-state index contributed by atoms with van der Waals surface area (Å²) in [6, 6.07) is 0.0955. The molecular formula is C13H14F3NO2. The van der Waals surface area contributed by atoms with E-state index in [-0.39, 0.29) is 5.56 Å². The molecule has 0 aliphatic carbocycles. The predicted octanol–water partition coefficient (Wildman–Crippen LogP) is 2.71. The third-order valence-electron chi connectivity index (χ3n) is 3.56. The smallest absolute Gasteiger partial charge is 0.320 e. The highest BCUT2D eigenvalue weighted by Crippen LogP contribution is 2.37. The molecule has 1 aliphatic heterocycles. The van der Waals surface area contributed by atoms with Gasteiger partial charge in [-0.1, -0.05) is 6.92 Å². The zero-order valence-electron chi connectivity index (χ0n) is 10.4. The number of rotatable bonds is 3. The van der Waals surface area contributed by atoms with Crippen LogP contribution in [0.4, 0.5) is 13.2 Å². The third-order valence-corrected chi connectivity index (χ3v) is 3.56. The molecule has 3 nitrogen and oxygen atoms in total. The maximum Gasteiger partial charge on any atom is 0.320 e. The van der Waals surface area contributed by atoms with Crippen LogP contribution in [-0.2, 0) is 4.79 Å². The summed E-state index contributed by atoms with van der Waals surface area (Å²) >= 11 is 0. The number of halogens is 3. The normalized spacial score (nSPS) is 23.8. The Bertz CT molecular complexity index is 507. The summed E-state index contributed by atoms with van der Waals surface area (Å²) in [7, 11) is 0. The number of hydrogen-bond acceptors (Lipinski definition) is 2. The first-order valence-corrected chi connectivity index (χ1v) is 6.08. The summed E-state index contributed by atoms with van der Waals surface area (Å²) in [5.74, 6) is -4.18. The van der Waals surface area contributed by atoms with Gasteiger partial charge in [0.05, 0.1) is 0 Å². The van der Waals surface area contributed by atoms with Gasteiger partial charge in [-0.05, 0) is 25.5 Å². The number of carbonyl (C=O) groups is 1. The maximum atomic E-state index is 13.7. The minimum absolute atomic E-state index is 0.0181. The fourth-order valence-electron chi connectivity index (χ4n) is 2.70. The van der Waals surface area contributed by atoms with Crippen LogP contribution in [0, 0.1) is 17.5 Å². The van der Waals surface area contributed by atoms with Gasteiger partial charge < -0.3 is 5.11 Å². The monoisotopic (exact) mass is 273 g/mol. The molecule has 0 spiro atoms. The molecule has 1 N–H and O–H groups in total. The Hall–Kier alpha value is -1.56. The molecule has 19 heavy (non-hydrogen) atoms. The van der Waals surface area contributed by atoms with Gasteiger partial charge >= 0.3 is 5.97 Å². The lowest BCUT2D eigenvalue weighted by Gasteiger charge is -2.27. The Morgan fingerprint density at radius 2 is 1.89 bits per heavy atom. The number of nitrogens with zero attached hydrogens (tertiary/aromatic N) is 1. The van der Waals surface area contributed by atoms with Gasteiger partial charge in [0.1, 0.15) is 11.9 Å². The molecule has 1 aromatic rings. The summed E-state index contributed by atoms with van der Waals surface area (Å²) in [4.78, 5) is 12.7. The Balaban J connectivity index is 2.37. The Morgan fingerprint density at radius 1 is 1.26 bits per heavy atom. The summed E-state index contributed by atoms with van der Waals surface area (Å²) < 4.78 is 39.9. The van der Waals surface area contributed by atoms with Gasteiger partial charge in [0.25, 0.3) is 0 Å². The van der Waals surface area contributed by atoms with E-state index in [4.69, 9.17) is 5.11 Å². The highest BCUT2D eigenvalue weighted by Gasteiger charge is 2.38. The third kappa shape index (κ3) is 2.45. The largest absolute Gasteiger partial charge is 0.480 e. The zero-order valence-corrected chi connectivity index (χ0v) is 10.4. The molecule has 1 unspecified atom stereocenters. The summed E-state index contributed by atoms with van der Waals surface area (Å²) in [6.45, 7) is 2.16. The summed E-state index contributed by atoms with van der Waals surface area (Å²) in [6.07, 6.45) is 0.777. The van der Waals surface area contributed by atoms with Crippen LogP contribution in [0.25, 0.3) is 0 Å². The van der Waals surface area contributed by atoms with Crippen LogP contribution in [0.5, 0.6) is 0 Å². The highest BCUT2D eigenvalue weighted by atomic mass is 19.2. The Morgan fingerprint density at radius 3 is 2.47 bits per heavy atom. The van der Waals surface area contributed by atoms with Gasteiger partial charge in [-0.25, -0.2) is 13.2 Å². The van der Waals surface area contributed by atoms with E-state index in [0.29, 0.717) is 25.5 Å². The lowest BCUT2D eigenvalue weighted by molar-refractivity contribution is -0.142. The first-order valence-electron chi connectivity index (χ1n) is 6.08. The number of carboxylic acid groups (broad SMARTS) is 1. The second-order valence-corrected chi connectivity index (χ2v) is 4.57. The van der Waals surface area contributed by atoms with E-state index in [1.54, 1.807) is 11.8 Å². The fraction of sp³-hybridized carbons (Fsp3) is 0.462. The molecule has 0 saturated carbocycles. The standard InChI is InChI=1S/C13H14F3NO2/c1-2-17-11(3-4-12(17)13(18)19)7-5-9(15)10(16)6-8(7)14/h5-6,11-12H,2-4H2,1H3,(H,18,19)/t11?,12-/m1/s1. The van der Waals surface area contributed by atoms with Crippen molar-refractivity contribution < 1.29 is 23.1 Å². The Labute approximate surface area is 108 Å². The van der Waals surface area contributed by atoms with Crippen molar-refractivity contribution in [1.29, 1.82) is 0 Å². The van der Waals surface area contributed by atoms with E-state index in [1.807, 2.05) is 0 Å². The molecule has 0 radical (unpaired) electrons. The van der Waals surface area contributed by atoms with Crippen molar-refractivity contribution in [3.8, 4) is 0 Å². The minimum atomic E-state index is -1.24. The second kappa shape index (κ2) is 5.21. The molecule has 1 aliphatic rings.